The largest absolute Gasteiger partial charge is 0.454 e. The highest BCUT2D eigenvalue weighted by molar-refractivity contribution is 7.99. The summed E-state index contributed by atoms with van der Waals surface area (Å²) in [6.07, 6.45) is 1.47. The number of para-hydroxylation sites is 1. The molecular weight excluding hydrogens is 390 g/mol. The van der Waals surface area contributed by atoms with Gasteiger partial charge >= 0.3 is 0 Å². The van der Waals surface area contributed by atoms with Crippen molar-refractivity contribution in [3.05, 3.63) is 66.1 Å². The third-order valence-corrected chi connectivity index (χ3v) is 5.41. The van der Waals surface area contributed by atoms with E-state index < -0.39 is 0 Å². The fourth-order valence-electron chi connectivity index (χ4n) is 2.97. The van der Waals surface area contributed by atoms with E-state index in [0.717, 1.165) is 15.6 Å². The van der Waals surface area contributed by atoms with Crippen molar-refractivity contribution in [2.24, 2.45) is 0 Å². The number of nitrogens with zero attached hydrogens (tertiary/aromatic N) is 4. The molecule has 2 aromatic carbocycles. The molecule has 0 fully saturated rings. The molecular formula is C20H15N5O3S. The normalized spacial score (nSPS) is 12.3. The molecule has 0 saturated heterocycles. The van der Waals surface area contributed by atoms with Gasteiger partial charge in [0.2, 0.25) is 6.79 Å². The van der Waals surface area contributed by atoms with Crippen LogP contribution in [0.15, 0.2) is 64.8 Å². The zero-order valence-corrected chi connectivity index (χ0v) is 16.1. The molecule has 9 heteroatoms. The summed E-state index contributed by atoms with van der Waals surface area (Å²) in [4.78, 5) is 22.2. The molecule has 1 aliphatic heterocycles. The summed E-state index contributed by atoms with van der Waals surface area (Å²) in [7, 11) is 0. The van der Waals surface area contributed by atoms with E-state index in [1.165, 1.54) is 18.1 Å². The van der Waals surface area contributed by atoms with Crippen molar-refractivity contribution in [1.82, 2.24) is 19.6 Å². The van der Waals surface area contributed by atoms with E-state index in [-0.39, 0.29) is 12.7 Å². The van der Waals surface area contributed by atoms with E-state index in [4.69, 9.17) is 9.47 Å². The van der Waals surface area contributed by atoms with Crippen LogP contribution in [0.25, 0.3) is 5.78 Å². The predicted octanol–water partition coefficient (Wildman–Crippen LogP) is 3.56. The number of hydrogen-bond acceptors (Lipinski definition) is 7. The highest BCUT2D eigenvalue weighted by atomic mass is 32.2. The molecule has 1 N–H and O–H groups in total. The van der Waals surface area contributed by atoms with E-state index in [1.807, 2.05) is 37.3 Å². The monoisotopic (exact) mass is 405 g/mol. The minimum absolute atomic E-state index is 0.169. The van der Waals surface area contributed by atoms with Crippen LogP contribution in [0.1, 0.15) is 16.1 Å². The number of fused-ring (bicyclic) bond motifs is 2. The van der Waals surface area contributed by atoms with E-state index >= 15 is 0 Å². The third-order valence-electron chi connectivity index (χ3n) is 4.33. The summed E-state index contributed by atoms with van der Waals surface area (Å²) in [5.41, 5.74) is 2.03. The highest BCUT2D eigenvalue weighted by Crippen LogP contribution is 2.35. The van der Waals surface area contributed by atoms with E-state index in [2.05, 4.69) is 20.4 Å². The van der Waals surface area contributed by atoms with Crippen LogP contribution in [0.3, 0.4) is 0 Å². The number of benzene rings is 2. The van der Waals surface area contributed by atoms with Crippen molar-refractivity contribution in [2.45, 2.75) is 16.8 Å². The highest BCUT2D eigenvalue weighted by Gasteiger charge is 2.17. The number of carbonyl (C=O) groups excluding carboxylic acids is 1. The van der Waals surface area contributed by atoms with Crippen LogP contribution in [0, 0.1) is 6.92 Å². The minimum atomic E-state index is -0.229. The summed E-state index contributed by atoms with van der Waals surface area (Å²) in [5, 5.41) is 8.07. The molecule has 8 nitrogen and oxygen atoms in total. The molecule has 144 valence electrons. The van der Waals surface area contributed by atoms with Crippen molar-refractivity contribution >= 4 is 29.1 Å². The minimum Gasteiger partial charge on any atom is -0.454 e. The quantitative estimate of drug-likeness (QED) is 0.519. The molecule has 0 bridgehead atoms. The number of ether oxygens (including phenoxy) is 2. The average molecular weight is 405 g/mol. The third kappa shape index (κ3) is 3.36. The van der Waals surface area contributed by atoms with Gasteiger partial charge in [0, 0.05) is 16.2 Å². The lowest BCUT2D eigenvalue weighted by Gasteiger charge is -2.12. The van der Waals surface area contributed by atoms with Gasteiger partial charge < -0.3 is 14.8 Å². The van der Waals surface area contributed by atoms with Gasteiger partial charge in [-0.1, -0.05) is 23.9 Å². The second kappa shape index (κ2) is 7.10. The smallest absolute Gasteiger partial charge is 0.255 e. The fraction of sp³-hybridized carbons (Fsp3) is 0.100. The van der Waals surface area contributed by atoms with Crippen molar-refractivity contribution in [1.29, 1.82) is 0 Å². The predicted molar refractivity (Wildman–Crippen MR) is 107 cm³/mol. The SMILES string of the molecule is Cc1cc(Sc2ccccc2NC(=O)c2ccc3c(c2)OCO3)n2ncnc2n1. The Morgan fingerprint density at radius 1 is 1.14 bits per heavy atom. The first-order valence-corrected chi connectivity index (χ1v) is 9.64. The van der Waals surface area contributed by atoms with Gasteiger partial charge in [-0.05, 0) is 43.3 Å². The Bertz CT molecular complexity index is 1240. The Morgan fingerprint density at radius 3 is 2.93 bits per heavy atom. The van der Waals surface area contributed by atoms with Gasteiger partial charge in [-0.15, -0.1) is 0 Å². The fourth-order valence-corrected chi connectivity index (χ4v) is 4.02. The van der Waals surface area contributed by atoms with Gasteiger partial charge in [-0.2, -0.15) is 14.6 Å². The second-order valence-corrected chi connectivity index (χ2v) is 7.39. The molecule has 1 aliphatic rings. The zero-order valence-electron chi connectivity index (χ0n) is 15.3. The zero-order chi connectivity index (χ0) is 19.8. The van der Waals surface area contributed by atoms with Crippen LogP contribution in [0.5, 0.6) is 11.5 Å². The maximum atomic E-state index is 12.8. The molecule has 0 unspecified atom stereocenters. The van der Waals surface area contributed by atoms with E-state index in [0.29, 0.717) is 28.5 Å². The summed E-state index contributed by atoms with van der Waals surface area (Å²) >= 11 is 1.48. The molecule has 0 aliphatic carbocycles. The molecule has 3 heterocycles. The first-order valence-electron chi connectivity index (χ1n) is 8.83. The standard InChI is InChI=1S/C20H15N5O3S/c1-12-8-18(25-20(23-12)21-10-22-25)29-17-5-3-2-4-14(17)24-19(26)13-6-7-15-16(9-13)28-11-27-15/h2-10H,11H2,1H3,(H,24,26). The Labute approximate surface area is 169 Å². The van der Waals surface area contributed by atoms with E-state index in [1.54, 1.807) is 22.7 Å². The maximum Gasteiger partial charge on any atom is 0.255 e. The molecule has 4 aromatic rings. The molecule has 0 spiro atoms. The van der Waals surface area contributed by atoms with Crippen molar-refractivity contribution < 1.29 is 14.3 Å². The first kappa shape index (κ1) is 17.5. The molecule has 29 heavy (non-hydrogen) atoms. The lowest BCUT2D eigenvalue weighted by molar-refractivity contribution is 0.102. The van der Waals surface area contributed by atoms with Gasteiger partial charge in [0.05, 0.1) is 5.69 Å². The van der Waals surface area contributed by atoms with Crippen LogP contribution in [0.4, 0.5) is 5.69 Å². The van der Waals surface area contributed by atoms with Crippen molar-refractivity contribution in [3.8, 4) is 11.5 Å². The van der Waals surface area contributed by atoms with Crippen LogP contribution < -0.4 is 14.8 Å². The molecule has 2 aromatic heterocycles. The topological polar surface area (TPSA) is 90.6 Å². The number of aryl methyl sites for hydroxylation is 1. The summed E-state index contributed by atoms with van der Waals surface area (Å²) in [5.74, 6) is 1.52. The van der Waals surface area contributed by atoms with Gasteiger partial charge in [-0.3, -0.25) is 4.79 Å². The molecule has 0 radical (unpaired) electrons. The molecule has 0 saturated carbocycles. The molecule has 0 atom stereocenters. The first-order chi connectivity index (χ1) is 14.2. The molecule has 5 rings (SSSR count). The number of rotatable bonds is 4. The van der Waals surface area contributed by atoms with Crippen molar-refractivity contribution in [3.63, 3.8) is 0 Å². The summed E-state index contributed by atoms with van der Waals surface area (Å²) < 4.78 is 12.3. The Balaban J connectivity index is 1.43. The summed E-state index contributed by atoms with van der Waals surface area (Å²) in [6.45, 7) is 2.08. The van der Waals surface area contributed by atoms with Crippen LogP contribution in [-0.2, 0) is 0 Å². The van der Waals surface area contributed by atoms with Gasteiger partial charge in [0.25, 0.3) is 11.7 Å². The maximum absolute atomic E-state index is 12.8. The Morgan fingerprint density at radius 2 is 2.00 bits per heavy atom. The number of anilines is 1. The summed E-state index contributed by atoms with van der Waals surface area (Å²) in [6, 6.07) is 14.7. The Kier molecular flexibility index (Phi) is 4.28. The second-order valence-electron chi connectivity index (χ2n) is 6.33. The van der Waals surface area contributed by atoms with Gasteiger partial charge in [0.15, 0.2) is 11.5 Å². The van der Waals surface area contributed by atoms with Gasteiger partial charge in [-0.25, -0.2) is 4.98 Å². The van der Waals surface area contributed by atoms with Crippen molar-refractivity contribution in [2.75, 3.05) is 12.1 Å². The van der Waals surface area contributed by atoms with Gasteiger partial charge in [0.1, 0.15) is 11.4 Å². The Hall–Kier alpha value is -3.59. The number of nitrogens with one attached hydrogen (secondary N) is 1. The number of aromatic nitrogens is 4. The number of amides is 1. The van der Waals surface area contributed by atoms with Crippen LogP contribution in [-0.4, -0.2) is 32.3 Å². The number of carbonyl (C=O) groups is 1. The lowest BCUT2D eigenvalue weighted by atomic mass is 10.2. The number of hydrogen-bond donors (Lipinski definition) is 1. The van der Waals surface area contributed by atoms with Crippen LogP contribution >= 0.6 is 11.8 Å². The lowest BCUT2D eigenvalue weighted by Crippen LogP contribution is -2.12. The van der Waals surface area contributed by atoms with Crippen LogP contribution in [0.2, 0.25) is 0 Å². The van der Waals surface area contributed by atoms with E-state index in [9.17, 15) is 4.79 Å². The molecule has 1 amide bonds. The average Bonchev–Trinajstić information content (AvgIpc) is 3.37.